The summed E-state index contributed by atoms with van der Waals surface area (Å²) < 4.78 is 0. The molecule has 0 amide bonds. The molecule has 0 heterocycles. The van der Waals surface area contributed by atoms with Gasteiger partial charge in [0.1, 0.15) is 0 Å². The van der Waals surface area contributed by atoms with Crippen LogP contribution in [0, 0.1) is 17.2 Å². The summed E-state index contributed by atoms with van der Waals surface area (Å²) in [5.41, 5.74) is 4.39. The van der Waals surface area contributed by atoms with Crippen molar-refractivity contribution in [3.63, 3.8) is 0 Å². The summed E-state index contributed by atoms with van der Waals surface area (Å²) in [6.45, 7) is 6.53. The fourth-order valence-electron chi connectivity index (χ4n) is 2.50. The third-order valence-electron chi connectivity index (χ3n) is 3.69. The van der Waals surface area contributed by atoms with E-state index in [1.165, 1.54) is 23.1 Å². The molecule has 0 fully saturated rings. The molecule has 0 unspecified atom stereocenters. The van der Waals surface area contributed by atoms with Gasteiger partial charge < -0.3 is 0 Å². The van der Waals surface area contributed by atoms with Gasteiger partial charge in [-0.2, -0.15) is 5.26 Å². The number of nitrogens with zero attached hydrogens (tertiary/aromatic N) is 1. The van der Waals surface area contributed by atoms with Gasteiger partial charge >= 0.3 is 0 Å². The third-order valence-corrected chi connectivity index (χ3v) is 3.69. The van der Waals surface area contributed by atoms with E-state index in [0.29, 0.717) is 0 Å². The molecule has 104 valence electrons. The van der Waals surface area contributed by atoms with Crippen LogP contribution in [-0.4, -0.2) is 0 Å². The van der Waals surface area contributed by atoms with Crippen molar-refractivity contribution in [2.24, 2.45) is 5.92 Å². The molecule has 0 aromatic heterocycles. The fraction of sp³-hybridized carbons (Fsp3) is 0.611. The van der Waals surface area contributed by atoms with E-state index in [9.17, 15) is 0 Å². The first-order valence-electron chi connectivity index (χ1n) is 7.48. The lowest BCUT2D eigenvalue weighted by atomic mass is 9.88. The summed E-state index contributed by atoms with van der Waals surface area (Å²) in [5, 5.41) is 8.97. The van der Waals surface area contributed by atoms with Crippen molar-refractivity contribution in [3.05, 3.63) is 34.9 Å². The van der Waals surface area contributed by atoms with Crippen molar-refractivity contribution in [2.45, 2.75) is 65.7 Å². The zero-order valence-corrected chi connectivity index (χ0v) is 12.7. The van der Waals surface area contributed by atoms with Crippen LogP contribution >= 0.6 is 0 Å². The van der Waals surface area contributed by atoms with Crippen LogP contribution in [0.25, 0.3) is 0 Å². The second-order valence-electron chi connectivity index (χ2n) is 5.88. The van der Waals surface area contributed by atoms with Gasteiger partial charge in [-0.05, 0) is 65.7 Å². The highest BCUT2D eigenvalue weighted by Crippen LogP contribution is 2.26. The standard InChI is InChI=1S/C18H27N/c1-15(2)7-4-8-16(3)9-5-10-17-11-6-12-18(13-17)14-19/h7,9,11,18H,4-6,8,10,12-13H2,1-3H3/b16-9+/t18-/m1/s1. The Kier molecular flexibility index (Phi) is 7.26. The topological polar surface area (TPSA) is 23.8 Å². The smallest absolute Gasteiger partial charge is 0.0659 e. The van der Waals surface area contributed by atoms with Crippen LogP contribution in [0.3, 0.4) is 0 Å². The van der Waals surface area contributed by atoms with Gasteiger partial charge in [0.15, 0.2) is 0 Å². The maximum Gasteiger partial charge on any atom is 0.0659 e. The van der Waals surface area contributed by atoms with E-state index >= 15 is 0 Å². The molecule has 1 atom stereocenters. The van der Waals surface area contributed by atoms with Crippen LogP contribution in [0.1, 0.15) is 65.7 Å². The molecule has 0 spiro atoms. The number of hydrogen-bond acceptors (Lipinski definition) is 1. The van der Waals surface area contributed by atoms with Crippen molar-refractivity contribution in [2.75, 3.05) is 0 Å². The Morgan fingerprint density at radius 2 is 2.11 bits per heavy atom. The molecule has 1 aliphatic carbocycles. The van der Waals surface area contributed by atoms with E-state index in [2.05, 4.69) is 45.1 Å². The lowest BCUT2D eigenvalue weighted by Gasteiger charge is -2.16. The summed E-state index contributed by atoms with van der Waals surface area (Å²) in [6.07, 6.45) is 14.8. The van der Waals surface area contributed by atoms with Gasteiger partial charge in [-0.15, -0.1) is 0 Å². The molecule has 1 nitrogen and oxygen atoms in total. The highest BCUT2D eigenvalue weighted by molar-refractivity contribution is 5.12. The summed E-state index contributed by atoms with van der Waals surface area (Å²) in [7, 11) is 0. The summed E-state index contributed by atoms with van der Waals surface area (Å²) in [5.74, 6) is 0.266. The molecule has 0 aliphatic heterocycles. The fourth-order valence-corrected chi connectivity index (χ4v) is 2.50. The number of allylic oxidation sites excluding steroid dienone is 6. The molecule has 0 radical (unpaired) electrons. The summed E-state index contributed by atoms with van der Waals surface area (Å²) >= 11 is 0. The number of nitriles is 1. The van der Waals surface area contributed by atoms with E-state index in [4.69, 9.17) is 5.26 Å². The van der Waals surface area contributed by atoms with Crippen molar-refractivity contribution in [3.8, 4) is 6.07 Å². The van der Waals surface area contributed by atoms with Gasteiger partial charge in [-0.25, -0.2) is 0 Å². The minimum absolute atomic E-state index is 0.266. The normalized spacial score (nSPS) is 19.6. The predicted molar refractivity (Wildman–Crippen MR) is 82.7 cm³/mol. The van der Waals surface area contributed by atoms with Gasteiger partial charge in [-0.3, -0.25) is 0 Å². The van der Waals surface area contributed by atoms with Gasteiger partial charge in [0, 0.05) is 0 Å². The molecule has 1 rings (SSSR count). The summed E-state index contributed by atoms with van der Waals surface area (Å²) in [4.78, 5) is 0. The highest BCUT2D eigenvalue weighted by Gasteiger charge is 2.13. The first-order valence-corrected chi connectivity index (χ1v) is 7.48. The molecule has 1 aliphatic rings. The Hall–Kier alpha value is -1.29. The first-order chi connectivity index (χ1) is 9.11. The summed E-state index contributed by atoms with van der Waals surface area (Å²) in [6, 6.07) is 2.41. The molecular formula is C18H27N. The van der Waals surface area contributed by atoms with Crippen molar-refractivity contribution >= 4 is 0 Å². The molecule has 1 heteroatoms. The van der Waals surface area contributed by atoms with Crippen LogP contribution in [0.4, 0.5) is 0 Å². The predicted octanol–water partition coefficient (Wildman–Crippen LogP) is 5.71. The Labute approximate surface area is 118 Å². The second kappa shape index (κ2) is 8.75. The maximum absolute atomic E-state index is 8.97. The van der Waals surface area contributed by atoms with Crippen LogP contribution in [-0.2, 0) is 0 Å². The average Bonchev–Trinajstić information content (AvgIpc) is 2.38. The average molecular weight is 257 g/mol. The van der Waals surface area contributed by atoms with E-state index in [1.54, 1.807) is 0 Å². The van der Waals surface area contributed by atoms with E-state index in [1.807, 2.05) is 0 Å². The van der Waals surface area contributed by atoms with Crippen molar-refractivity contribution in [1.82, 2.24) is 0 Å². The van der Waals surface area contributed by atoms with Gasteiger partial charge in [0.2, 0.25) is 0 Å². The van der Waals surface area contributed by atoms with Crippen molar-refractivity contribution in [1.29, 1.82) is 5.26 Å². The van der Waals surface area contributed by atoms with Gasteiger partial charge in [-0.1, -0.05) is 34.9 Å². The van der Waals surface area contributed by atoms with E-state index in [0.717, 1.165) is 38.5 Å². The number of hydrogen-bond donors (Lipinski definition) is 0. The molecule has 0 aromatic carbocycles. The zero-order valence-electron chi connectivity index (χ0n) is 12.7. The molecule has 0 bridgehead atoms. The van der Waals surface area contributed by atoms with Crippen molar-refractivity contribution < 1.29 is 0 Å². The minimum atomic E-state index is 0.266. The zero-order chi connectivity index (χ0) is 14.1. The Balaban J connectivity index is 2.27. The third kappa shape index (κ3) is 7.01. The quantitative estimate of drug-likeness (QED) is 0.559. The first kappa shape index (κ1) is 15.8. The van der Waals surface area contributed by atoms with Crippen LogP contribution in [0.2, 0.25) is 0 Å². The van der Waals surface area contributed by atoms with Gasteiger partial charge in [0.25, 0.3) is 0 Å². The highest BCUT2D eigenvalue weighted by atomic mass is 14.3. The SMILES string of the molecule is CC(C)=CCC/C(C)=C/CCC1=CCC[C@@H](C#N)C1. The van der Waals surface area contributed by atoms with Crippen LogP contribution < -0.4 is 0 Å². The Bertz CT molecular complexity index is 400. The van der Waals surface area contributed by atoms with Crippen LogP contribution in [0.5, 0.6) is 0 Å². The molecule has 0 saturated carbocycles. The van der Waals surface area contributed by atoms with E-state index < -0.39 is 0 Å². The van der Waals surface area contributed by atoms with Crippen LogP contribution in [0.15, 0.2) is 34.9 Å². The maximum atomic E-state index is 8.97. The Morgan fingerprint density at radius 3 is 2.79 bits per heavy atom. The molecule has 19 heavy (non-hydrogen) atoms. The molecular weight excluding hydrogens is 230 g/mol. The largest absolute Gasteiger partial charge is 0.198 e. The van der Waals surface area contributed by atoms with E-state index in [-0.39, 0.29) is 5.92 Å². The lowest BCUT2D eigenvalue weighted by molar-refractivity contribution is 0.561. The lowest BCUT2D eigenvalue weighted by Crippen LogP contribution is -2.04. The minimum Gasteiger partial charge on any atom is -0.198 e. The molecule has 0 saturated heterocycles. The van der Waals surface area contributed by atoms with Gasteiger partial charge in [0.05, 0.1) is 12.0 Å². The second-order valence-corrected chi connectivity index (χ2v) is 5.88. The Morgan fingerprint density at radius 1 is 1.32 bits per heavy atom. The molecule has 0 aromatic rings. The molecule has 0 N–H and O–H groups in total. The number of rotatable bonds is 6. The monoisotopic (exact) mass is 257 g/mol.